The van der Waals surface area contributed by atoms with Crippen LogP contribution in [-0.2, 0) is 6.54 Å². The van der Waals surface area contributed by atoms with Crippen molar-refractivity contribution >= 4 is 28.2 Å². The quantitative estimate of drug-likeness (QED) is 0.523. The molecule has 1 aliphatic heterocycles. The third kappa shape index (κ3) is 2.84. The Kier molecular flexibility index (Phi) is 3.95. The van der Waals surface area contributed by atoms with E-state index < -0.39 is 10.7 Å². The first-order chi connectivity index (χ1) is 13.0. The molecule has 1 aromatic heterocycles. The van der Waals surface area contributed by atoms with Crippen LogP contribution in [0.5, 0.6) is 5.75 Å². The predicted molar refractivity (Wildman–Crippen MR) is 98.1 cm³/mol. The number of methoxy groups -OCH3 is 1. The van der Waals surface area contributed by atoms with Gasteiger partial charge < -0.3 is 4.74 Å². The maximum Gasteiger partial charge on any atom is 0.270 e. The minimum atomic E-state index is -0.541. The number of allylic oxidation sites excluding steroid dienone is 1. The fourth-order valence-electron chi connectivity index (χ4n) is 3.23. The van der Waals surface area contributed by atoms with Crippen molar-refractivity contribution in [3.8, 4) is 5.75 Å². The first-order valence-corrected chi connectivity index (χ1v) is 8.21. The van der Waals surface area contributed by atoms with Crippen LogP contribution in [0.1, 0.15) is 17.8 Å². The van der Waals surface area contributed by atoms with Crippen molar-refractivity contribution in [2.24, 2.45) is 0 Å². The number of halogens is 1. The SMILES string of the molecule is COc1ccc(C=C2CCn3c2nc2ccc([N+](=O)[O-])cc2c3=O)cc1F. The van der Waals surface area contributed by atoms with Crippen LogP contribution in [0, 0.1) is 15.9 Å². The van der Waals surface area contributed by atoms with Gasteiger partial charge in [-0.3, -0.25) is 19.5 Å². The lowest BCUT2D eigenvalue weighted by Gasteiger charge is -2.06. The zero-order valence-corrected chi connectivity index (χ0v) is 14.3. The van der Waals surface area contributed by atoms with E-state index in [1.807, 2.05) is 0 Å². The average Bonchev–Trinajstić information content (AvgIpc) is 3.04. The van der Waals surface area contributed by atoms with Crippen LogP contribution >= 0.6 is 0 Å². The Hall–Kier alpha value is -3.55. The van der Waals surface area contributed by atoms with E-state index in [9.17, 15) is 19.3 Å². The zero-order chi connectivity index (χ0) is 19.1. The monoisotopic (exact) mass is 367 g/mol. The van der Waals surface area contributed by atoms with Gasteiger partial charge in [0.1, 0.15) is 5.82 Å². The molecule has 0 bridgehead atoms. The molecule has 0 radical (unpaired) electrons. The van der Waals surface area contributed by atoms with Crippen molar-refractivity contribution in [3.63, 3.8) is 0 Å². The van der Waals surface area contributed by atoms with Crippen LogP contribution in [0.15, 0.2) is 41.2 Å². The third-order valence-corrected chi connectivity index (χ3v) is 4.56. The summed E-state index contributed by atoms with van der Waals surface area (Å²) in [6.07, 6.45) is 2.35. The molecule has 0 saturated carbocycles. The highest BCUT2D eigenvalue weighted by Gasteiger charge is 2.22. The summed E-state index contributed by atoms with van der Waals surface area (Å²) < 4.78 is 20.3. The largest absolute Gasteiger partial charge is 0.494 e. The fraction of sp³-hybridized carbons (Fsp3) is 0.158. The molecule has 3 aromatic rings. The smallest absolute Gasteiger partial charge is 0.270 e. The molecule has 4 rings (SSSR count). The number of hydrogen-bond acceptors (Lipinski definition) is 5. The van der Waals surface area contributed by atoms with Crippen LogP contribution in [0.4, 0.5) is 10.1 Å². The van der Waals surface area contributed by atoms with Gasteiger partial charge in [0, 0.05) is 18.7 Å². The summed E-state index contributed by atoms with van der Waals surface area (Å²) in [7, 11) is 1.40. The molecule has 0 saturated heterocycles. The highest BCUT2D eigenvalue weighted by molar-refractivity contribution is 5.85. The maximum absolute atomic E-state index is 13.9. The molecule has 8 heteroatoms. The van der Waals surface area contributed by atoms with E-state index in [0.29, 0.717) is 29.9 Å². The second kappa shape index (κ2) is 6.31. The number of rotatable bonds is 3. The lowest BCUT2D eigenvalue weighted by atomic mass is 10.1. The molecule has 2 heterocycles. The van der Waals surface area contributed by atoms with Crippen molar-refractivity contribution in [1.82, 2.24) is 9.55 Å². The van der Waals surface area contributed by atoms with Gasteiger partial charge in [-0.25, -0.2) is 9.37 Å². The molecule has 0 unspecified atom stereocenters. The zero-order valence-electron chi connectivity index (χ0n) is 14.3. The number of nitro groups is 1. The highest BCUT2D eigenvalue weighted by atomic mass is 19.1. The normalized spacial score (nSPS) is 14.5. The number of fused-ring (bicyclic) bond motifs is 2. The van der Waals surface area contributed by atoms with E-state index in [1.54, 1.807) is 12.1 Å². The minimum absolute atomic E-state index is 0.149. The molecule has 7 nitrogen and oxygen atoms in total. The number of hydrogen-bond donors (Lipinski definition) is 0. The minimum Gasteiger partial charge on any atom is -0.494 e. The van der Waals surface area contributed by atoms with Gasteiger partial charge in [0.15, 0.2) is 11.6 Å². The molecule has 0 spiro atoms. The lowest BCUT2D eigenvalue weighted by Crippen LogP contribution is -2.20. The first kappa shape index (κ1) is 16.9. The number of non-ortho nitro benzene ring substituents is 1. The molecule has 0 fully saturated rings. The Labute approximate surface area is 152 Å². The van der Waals surface area contributed by atoms with Gasteiger partial charge in [-0.2, -0.15) is 0 Å². The predicted octanol–water partition coefficient (Wildman–Crippen LogP) is 3.40. The van der Waals surface area contributed by atoms with Gasteiger partial charge in [0.25, 0.3) is 11.2 Å². The van der Waals surface area contributed by atoms with Gasteiger partial charge in [0.05, 0.1) is 22.9 Å². The molecule has 27 heavy (non-hydrogen) atoms. The van der Waals surface area contributed by atoms with Gasteiger partial charge >= 0.3 is 0 Å². The van der Waals surface area contributed by atoms with E-state index in [-0.39, 0.29) is 22.4 Å². The fourth-order valence-corrected chi connectivity index (χ4v) is 3.23. The summed E-state index contributed by atoms with van der Waals surface area (Å²) in [4.78, 5) is 27.6. The van der Waals surface area contributed by atoms with Crippen molar-refractivity contribution in [2.45, 2.75) is 13.0 Å². The van der Waals surface area contributed by atoms with E-state index >= 15 is 0 Å². The van der Waals surface area contributed by atoms with E-state index in [2.05, 4.69) is 4.98 Å². The third-order valence-electron chi connectivity index (χ3n) is 4.56. The summed E-state index contributed by atoms with van der Waals surface area (Å²) in [6, 6.07) is 8.66. The molecule has 2 aromatic carbocycles. The van der Waals surface area contributed by atoms with E-state index in [1.165, 1.54) is 42.0 Å². The summed E-state index contributed by atoms with van der Waals surface area (Å²) in [5, 5.41) is 11.2. The van der Waals surface area contributed by atoms with E-state index in [0.717, 1.165) is 5.57 Å². The highest BCUT2D eigenvalue weighted by Crippen LogP contribution is 2.29. The molecule has 0 atom stereocenters. The second-order valence-electron chi connectivity index (χ2n) is 6.16. The number of ether oxygens (including phenoxy) is 1. The molecule has 1 aliphatic rings. The second-order valence-corrected chi connectivity index (χ2v) is 6.16. The number of aromatic nitrogens is 2. The Morgan fingerprint density at radius 1 is 1.30 bits per heavy atom. The topological polar surface area (TPSA) is 87.3 Å². The van der Waals surface area contributed by atoms with Gasteiger partial charge in [-0.1, -0.05) is 6.07 Å². The molecule has 0 aliphatic carbocycles. The molecule has 136 valence electrons. The van der Waals surface area contributed by atoms with Crippen LogP contribution in [0.2, 0.25) is 0 Å². The number of nitro benzene ring substituents is 1. The Morgan fingerprint density at radius 3 is 2.81 bits per heavy atom. The van der Waals surface area contributed by atoms with Gasteiger partial charge in [-0.05, 0) is 41.8 Å². The summed E-state index contributed by atoms with van der Waals surface area (Å²) >= 11 is 0. The van der Waals surface area contributed by atoms with Crippen molar-refractivity contribution in [1.29, 1.82) is 0 Å². The van der Waals surface area contributed by atoms with Crippen LogP contribution in [-0.4, -0.2) is 21.6 Å². The van der Waals surface area contributed by atoms with Crippen molar-refractivity contribution < 1.29 is 14.1 Å². The van der Waals surface area contributed by atoms with Gasteiger partial charge in [-0.15, -0.1) is 0 Å². The summed E-state index contributed by atoms with van der Waals surface area (Å²) in [5.74, 6) is 0.185. The molecular weight excluding hydrogens is 353 g/mol. The standard InChI is InChI=1S/C19H14FN3O4/c1-27-17-5-2-11(9-15(17)20)8-12-6-7-22-18(12)21-16-4-3-13(23(25)26)10-14(16)19(22)24/h2-5,8-10H,6-7H2,1H3. The Morgan fingerprint density at radius 2 is 2.11 bits per heavy atom. The van der Waals surface area contributed by atoms with E-state index in [4.69, 9.17) is 4.74 Å². The van der Waals surface area contributed by atoms with Crippen molar-refractivity contribution in [3.05, 3.63) is 74.1 Å². The molecule has 0 N–H and O–H groups in total. The van der Waals surface area contributed by atoms with Crippen molar-refractivity contribution in [2.75, 3.05) is 7.11 Å². The molecular formula is C19H14FN3O4. The summed E-state index contributed by atoms with van der Waals surface area (Å²) in [6.45, 7) is 0.421. The van der Waals surface area contributed by atoms with Gasteiger partial charge in [0.2, 0.25) is 0 Å². The van der Waals surface area contributed by atoms with Crippen LogP contribution in [0.25, 0.3) is 22.6 Å². The average molecular weight is 367 g/mol. The maximum atomic E-state index is 13.9. The summed E-state index contributed by atoms with van der Waals surface area (Å²) in [5.41, 5.74) is 1.37. The molecule has 0 amide bonds. The Balaban J connectivity index is 1.83. The van der Waals surface area contributed by atoms with Crippen LogP contribution in [0.3, 0.4) is 0 Å². The number of nitrogens with zero attached hydrogens (tertiary/aromatic N) is 3. The number of benzene rings is 2. The Bertz CT molecular complexity index is 1180. The lowest BCUT2D eigenvalue weighted by molar-refractivity contribution is -0.384. The van der Waals surface area contributed by atoms with Crippen LogP contribution < -0.4 is 10.3 Å². The first-order valence-electron chi connectivity index (χ1n) is 8.21.